The highest BCUT2D eigenvalue weighted by Crippen LogP contribution is 2.73. The Labute approximate surface area is 60.6 Å². The zero-order valence-corrected chi connectivity index (χ0v) is 6.14. The van der Waals surface area contributed by atoms with Crippen molar-refractivity contribution < 1.29 is 0 Å². The number of hydrogen-bond donors (Lipinski definition) is 0. The average molecular weight is 143 g/mol. The van der Waals surface area contributed by atoms with Gasteiger partial charge in [0.2, 0.25) is 0 Å². The molecule has 0 N–H and O–H groups in total. The SMILES string of the molecule is ClC[C@@H]1C2CC3C1[C@@H]3C2. The lowest BCUT2D eigenvalue weighted by molar-refractivity contribution is 0.456. The van der Waals surface area contributed by atoms with Crippen LogP contribution in [0.5, 0.6) is 0 Å². The molecule has 50 valence electrons. The zero-order valence-electron chi connectivity index (χ0n) is 5.39. The number of halogens is 1. The van der Waals surface area contributed by atoms with Gasteiger partial charge in [-0.1, -0.05) is 0 Å². The van der Waals surface area contributed by atoms with Crippen LogP contribution in [0.1, 0.15) is 12.8 Å². The maximum Gasteiger partial charge on any atom is 0.0257 e. The van der Waals surface area contributed by atoms with Crippen molar-refractivity contribution in [3.63, 3.8) is 0 Å². The predicted molar refractivity (Wildman–Crippen MR) is 37.4 cm³/mol. The standard InChI is InChI=1S/C8H11Cl/c9-3-7-4-1-5-6(2-4)8(5)7/h4-8H,1-3H2/t4?,5-,6?,7-,8?/m1/s1. The second kappa shape index (κ2) is 1.32. The van der Waals surface area contributed by atoms with E-state index in [0.29, 0.717) is 0 Å². The summed E-state index contributed by atoms with van der Waals surface area (Å²) in [4.78, 5) is 0. The van der Waals surface area contributed by atoms with Crippen LogP contribution in [0, 0.1) is 29.6 Å². The van der Waals surface area contributed by atoms with Crippen LogP contribution in [-0.2, 0) is 0 Å². The Morgan fingerprint density at radius 3 is 2.11 bits per heavy atom. The highest BCUT2D eigenvalue weighted by atomic mass is 35.5. The fraction of sp³-hybridized carbons (Fsp3) is 1.00. The third kappa shape index (κ3) is 0.410. The molecule has 0 aromatic rings. The lowest BCUT2D eigenvalue weighted by Gasteiger charge is -2.08. The summed E-state index contributed by atoms with van der Waals surface area (Å²) >= 11 is 5.85. The second-order valence-electron chi connectivity index (χ2n) is 3.95. The molecule has 4 bridgehead atoms. The van der Waals surface area contributed by atoms with Gasteiger partial charge in [0.25, 0.3) is 0 Å². The van der Waals surface area contributed by atoms with Gasteiger partial charge in [-0.15, -0.1) is 11.6 Å². The molecule has 0 aliphatic heterocycles. The minimum absolute atomic E-state index is 0.946. The minimum Gasteiger partial charge on any atom is -0.126 e. The van der Waals surface area contributed by atoms with E-state index in [-0.39, 0.29) is 0 Å². The van der Waals surface area contributed by atoms with E-state index in [2.05, 4.69) is 0 Å². The number of hydrogen-bond acceptors (Lipinski definition) is 0. The van der Waals surface area contributed by atoms with Crippen LogP contribution in [0.4, 0.5) is 0 Å². The van der Waals surface area contributed by atoms with Crippen LogP contribution in [0.25, 0.3) is 0 Å². The monoisotopic (exact) mass is 142 g/mol. The third-order valence-corrected chi connectivity index (χ3v) is 4.18. The highest BCUT2D eigenvalue weighted by Gasteiger charge is 2.67. The van der Waals surface area contributed by atoms with E-state index in [1.165, 1.54) is 12.8 Å². The molecule has 0 spiro atoms. The topological polar surface area (TPSA) is 0 Å². The van der Waals surface area contributed by atoms with Crippen molar-refractivity contribution in [2.24, 2.45) is 29.6 Å². The van der Waals surface area contributed by atoms with Gasteiger partial charge in [-0.25, -0.2) is 0 Å². The lowest BCUT2D eigenvalue weighted by Crippen LogP contribution is -2.05. The van der Waals surface area contributed by atoms with Crippen LogP contribution in [0.3, 0.4) is 0 Å². The molecule has 0 amide bonds. The van der Waals surface area contributed by atoms with E-state index < -0.39 is 0 Å². The normalized spacial score (nSPS) is 67.0. The molecule has 4 fully saturated rings. The van der Waals surface area contributed by atoms with Gasteiger partial charge >= 0.3 is 0 Å². The van der Waals surface area contributed by atoms with Gasteiger partial charge in [0.05, 0.1) is 0 Å². The van der Waals surface area contributed by atoms with Gasteiger partial charge in [0.1, 0.15) is 0 Å². The van der Waals surface area contributed by atoms with Crippen LogP contribution in [0.2, 0.25) is 0 Å². The molecule has 1 heteroatoms. The fourth-order valence-electron chi connectivity index (χ4n) is 3.46. The molecule has 0 heterocycles. The van der Waals surface area contributed by atoms with E-state index in [4.69, 9.17) is 11.6 Å². The van der Waals surface area contributed by atoms with Crippen molar-refractivity contribution in [1.82, 2.24) is 0 Å². The first-order valence-electron chi connectivity index (χ1n) is 3.98. The molecule has 9 heavy (non-hydrogen) atoms. The summed E-state index contributed by atoms with van der Waals surface area (Å²) in [5.74, 6) is 6.36. The minimum atomic E-state index is 0.946. The van der Waals surface area contributed by atoms with E-state index in [1.54, 1.807) is 0 Å². The molecule has 4 rings (SSSR count). The summed E-state index contributed by atoms with van der Waals surface area (Å²) in [6.07, 6.45) is 3.07. The molecule has 0 radical (unpaired) electrons. The molecular weight excluding hydrogens is 132 g/mol. The summed E-state index contributed by atoms with van der Waals surface area (Å²) in [5.41, 5.74) is 0. The van der Waals surface area contributed by atoms with Gasteiger partial charge in [0.15, 0.2) is 0 Å². The zero-order chi connectivity index (χ0) is 6.01. The summed E-state index contributed by atoms with van der Waals surface area (Å²) in [6.45, 7) is 0. The number of rotatable bonds is 1. The Bertz CT molecular complexity index is 141. The first-order chi connectivity index (χ1) is 4.42. The molecule has 4 aliphatic rings. The van der Waals surface area contributed by atoms with Crippen molar-refractivity contribution >= 4 is 11.6 Å². The van der Waals surface area contributed by atoms with E-state index in [9.17, 15) is 0 Å². The largest absolute Gasteiger partial charge is 0.126 e. The van der Waals surface area contributed by atoms with Crippen molar-refractivity contribution in [2.75, 3.05) is 5.88 Å². The van der Waals surface area contributed by atoms with Crippen molar-refractivity contribution in [3.8, 4) is 0 Å². The van der Waals surface area contributed by atoms with Crippen molar-refractivity contribution in [3.05, 3.63) is 0 Å². The second-order valence-corrected chi connectivity index (χ2v) is 4.26. The van der Waals surface area contributed by atoms with E-state index in [1.807, 2.05) is 0 Å². The predicted octanol–water partition coefficient (Wildman–Crippen LogP) is 2.13. The summed E-state index contributed by atoms with van der Waals surface area (Å²) in [6, 6.07) is 0. The van der Waals surface area contributed by atoms with E-state index in [0.717, 1.165) is 35.5 Å². The molecule has 0 nitrogen and oxygen atoms in total. The lowest BCUT2D eigenvalue weighted by atomic mass is 10.0. The fourth-order valence-corrected chi connectivity index (χ4v) is 3.92. The van der Waals surface area contributed by atoms with Gasteiger partial charge < -0.3 is 0 Å². The average Bonchev–Trinajstić information content (AvgIpc) is 2.40. The maximum atomic E-state index is 5.85. The van der Waals surface area contributed by atoms with Gasteiger partial charge in [0, 0.05) is 5.88 Å². The number of alkyl halides is 1. The smallest absolute Gasteiger partial charge is 0.0257 e. The Kier molecular flexibility index (Phi) is 0.733. The Morgan fingerprint density at radius 2 is 1.89 bits per heavy atom. The summed E-state index contributed by atoms with van der Waals surface area (Å²) in [5, 5.41) is 0. The van der Waals surface area contributed by atoms with E-state index >= 15 is 0 Å². The van der Waals surface area contributed by atoms with Crippen LogP contribution >= 0.6 is 11.6 Å². The summed E-state index contributed by atoms with van der Waals surface area (Å²) in [7, 11) is 0. The third-order valence-electron chi connectivity index (χ3n) is 3.83. The first kappa shape index (κ1) is 5.01. The molecule has 4 aliphatic carbocycles. The quantitative estimate of drug-likeness (QED) is 0.492. The Hall–Kier alpha value is 0.290. The van der Waals surface area contributed by atoms with Gasteiger partial charge in [-0.3, -0.25) is 0 Å². The molecule has 5 atom stereocenters. The van der Waals surface area contributed by atoms with Crippen LogP contribution in [-0.4, -0.2) is 5.88 Å². The molecule has 3 unspecified atom stereocenters. The molecule has 0 saturated heterocycles. The Morgan fingerprint density at radius 1 is 1.22 bits per heavy atom. The molecule has 0 aromatic carbocycles. The van der Waals surface area contributed by atoms with Gasteiger partial charge in [-0.05, 0) is 42.4 Å². The van der Waals surface area contributed by atoms with Crippen molar-refractivity contribution in [2.45, 2.75) is 12.8 Å². The Balaban J connectivity index is 1.95. The van der Waals surface area contributed by atoms with Crippen molar-refractivity contribution in [1.29, 1.82) is 0 Å². The molecule has 4 saturated carbocycles. The summed E-state index contributed by atoms with van der Waals surface area (Å²) < 4.78 is 0. The first-order valence-corrected chi connectivity index (χ1v) is 4.51. The maximum absolute atomic E-state index is 5.85. The van der Waals surface area contributed by atoms with Gasteiger partial charge in [-0.2, -0.15) is 0 Å². The van der Waals surface area contributed by atoms with Crippen LogP contribution < -0.4 is 0 Å². The van der Waals surface area contributed by atoms with Crippen LogP contribution in [0.15, 0.2) is 0 Å². The highest BCUT2D eigenvalue weighted by molar-refractivity contribution is 6.18. The molecular formula is C8H11Cl. The molecule has 0 aromatic heterocycles.